The molecule has 21 heavy (non-hydrogen) atoms. The molecule has 0 saturated carbocycles. The Labute approximate surface area is 127 Å². The molecular weight excluding hydrogens is 260 g/mol. The molecule has 1 aliphatic rings. The van der Waals surface area contributed by atoms with E-state index in [0.717, 1.165) is 26.2 Å². The number of rotatable bonds is 3. The molecule has 3 rings (SSSR count). The molecule has 0 aliphatic carbocycles. The molecule has 1 aromatic carbocycles. The first kappa shape index (κ1) is 14.5. The Morgan fingerprint density at radius 3 is 2.95 bits per heavy atom. The monoisotopic (exact) mass is 286 g/mol. The maximum atomic E-state index is 4.74. The van der Waals surface area contributed by atoms with Crippen LogP contribution in [0.4, 0.5) is 0 Å². The fraction of sp³-hybridized carbons (Fsp3) is 0.588. The number of nitrogens with one attached hydrogen (secondary N) is 1. The van der Waals surface area contributed by atoms with Gasteiger partial charge >= 0.3 is 0 Å². The van der Waals surface area contributed by atoms with E-state index in [1.54, 1.807) is 0 Å². The van der Waals surface area contributed by atoms with Crippen LogP contribution in [0.25, 0.3) is 10.9 Å². The number of hydrogen-bond acceptors (Lipinski definition) is 3. The van der Waals surface area contributed by atoms with E-state index in [4.69, 9.17) is 5.10 Å². The summed E-state index contributed by atoms with van der Waals surface area (Å²) in [5, 5.41) is 9.70. The first-order valence-corrected chi connectivity index (χ1v) is 8.01. The first-order valence-electron chi connectivity index (χ1n) is 8.01. The van der Waals surface area contributed by atoms with Gasteiger partial charge in [0.25, 0.3) is 0 Å². The first-order chi connectivity index (χ1) is 10.1. The molecule has 0 spiro atoms. The van der Waals surface area contributed by atoms with E-state index in [1.165, 1.54) is 23.0 Å². The highest BCUT2D eigenvalue weighted by Crippen LogP contribution is 2.20. The van der Waals surface area contributed by atoms with Crippen molar-refractivity contribution in [1.82, 2.24) is 20.0 Å². The molecule has 0 radical (unpaired) electrons. The lowest BCUT2D eigenvalue weighted by Crippen LogP contribution is -2.41. The van der Waals surface area contributed by atoms with Gasteiger partial charge in [0.1, 0.15) is 0 Å². The van der Waals surface area contributed by atoms with Crippen molar-refractivity contribution in [1.29, 1.82) is 0 Å². The van der Waals surface area contributed by atoms with E-state index in [0.29, 0.717) is 12.0 Å². The van der Waals surface area contributed by atoms with Crippen LogP contribution < -0.4 is 5.32 Å². The molecule has 2 aromatic rings. The van der Waals surface area contributed by atoms with Crippen LogP contribution in [0.3, 0.4) is 0 Å². The summed E-state index contributed by atoms with van der Waals surface area (Å²) in [4.78, 5) is 2.55. The summed E-state index contributed by atoms with van der Waals surface area (Å²) in [7, 11) is 2.03. The molecule has 1 aromatic heterocycles. The van der Waals surface area contributed by atoms with Gasteiger partial charge in [0.2, 0.25) is 0 Å². The smallest absolute Gasteiger partial charge is 0.0843 e. The number of nitrogens with zero attached hydrogens (tertiary/aromatic N) is 3. The lowest BCUT2D eigenvalue weighted by atomic mass is 10.0. The summed E-state index contributed by atoms with van der Waals surface area (Å²) < 4.78 is 2.00. The summed E-state index contributed by atoms with van der Waals surface area (Å²) in [6, 6.07) is 9.11. The molecule has 4 heteroatoms. The number of benzene rings is 1. The van der Waals surface area contributed by atoms with Crippen LogP contribution >= 0.6 is 0 Å². The van der Waals surface area contributed by atoms with E-state index in [9.17, 15) is 0 Å². The molecule has 2 heterocycles. The van der Waals surface area contributed by atoms with Gasteiger partial charge in [-0.25, -0.2) is 0 Å². The zero-order chi connectivity index (χ0) is 14.8. The average Bonchev–Trinajstić information content (AvgIpc) is 2.65. The van der Waals surface area contributed by atoms with Gasteiger partial charge in [-0.2, -0.15) is 5.10 Å². The standard InChI is InChI=1S/C17H26N4/c1-13(2)15-11-21(10-6-9-18-15)12-16-14-7-4-5-8-17(14)20(3)19-16/h4-5,7-8,13,15,18H,6,9-12H2,1-3H3. The molecule has 1 unspecified atom stereocenters. The van der Waals surface area contributed by atoms with Gasteiger partial charge in [-0.15, -0.1) is 0 Å². The van der Waals surface area contributed by atoms with Crippen LogP contribution in [0.1, 0.15) is 26.0 Å². The Balaban J connectivity index is 1.80. The predicted molar refractivity (Wildman–Crippen MR) is 87.2 cm³/mol. The van der Waals surface area contributed by atoms with E-state index in [2.05, 4.69) is 48.3 Å². The number of fused-ring (bicyclic) bond motifs is 1. The van der Waals surface area contributed by atoms with Crippen LogP contribution in [0.2, 0.25) is 0 Å². The van der Waals surface area contributed by atoms with Crippen molar-refractivity contribution >= 4 is 10.9 Å². The maximum Gasteiger partial charge on any atom is 0.0843 e. The van der Waals surface area contributed by atoms with Gasteiger partial charge in [-0.05, 0) is 31.5 Å². The van der Waals surface area contributed by atoms with Gasteiger partial charge in [0.05, 0.1) is 11.2 Å². The quantitative estimate of drug-likeness (QED) is 0.940. The SMILES string of the molecule is CC(C)C1CN(Cc2nn(C)c3ccccc23)CCCN1. The third-order valence-electron chi connectivity index (χ3n) is 4.52. The third kappa shape index (κ3) is 3.11. The topological polar surface area (TPSA) is 33.1 Å². The Bertz CT molecular complexity index is 602. The van der Waals surface area contributed by atoms with Crippen molar-refractivity contribution in [3.05, 3.63) is 30.0 Å². The summed E-state index contributed by atoms with van der Waals surface area (Å²) >= 11 is 0. The molecule has 114 valence electrons. The van der Waals surface area contributed by atoms with Crippen molar-refractivity contribution in [3.8, 4) is 0 Å². The highest BCUT2D eigenvalue weighted by molar-refractivity contribution is 5.81. The molecule has 1 atom stereocenters. The summed E-state index contributed by atoms with van der Waals surface area (Å²) in [5.41, 5.74) is 2.43. The number of aromatic nitrogens is 2. The fourth-order valence-electron chi connectivity index (χ4n) is 3.23. The number of para-hydroxylation sites is 1. The van der Waals surface area contributed by atoms with Crippen LogP contribution in [0.15, 0.2) is 24.3 Å². The lowest BCUT2D eigenvalue weighted by molar-refractivity contribution is 0.236. The van der Waals surface area contributed by atoms with Crippen LogP contribution in [-0.4, -0.2) is 40.4 Å². The lowest BCUT2D eigenvalue weighted by Gasteiger charge is -2.26. The molecule has 1 aliphatic heterocycles. The van der Waals surface area contributed by atoms with Crippen molar-refractivity contribution in [2.75, 3.05) is 19.6 Å². The van der Waals surface area contributed by atoms with Crippen molar-refractivity contribution in [2.24, 2.45) is 13.0 Å². The number of hydrogen-bond donors (Lipinski definition) is 1. The highest BCUT2D eigenvalue weighted by Gasteiger charge is 2.21. The van der Waals surface area contributed by atoms with E-state index in [-0.39, 0.29) is 0 Å². The van der Waals surface area contributed by atoms with Crippen molar-refractivity contribution in [2.45, 2.75) is 32.9 Å². The van der Waals surface area contributed by atoms with Crippen LogP contribution in [0.5, 0.6) is 0 Å². The minimum atomic E-state index is 0.586. The van der Waals surface area contributed by atoms with Gasteiger partial charge < -0.3 is 5.32 Å². The second-order valence-corrected chi connectivity index (χ2v) is 6.48. The summed E-state index contributed by atoms with van der Waals surface area (Å²) in [5.74, 6) is 0.672. The van der Waals surface area contributed by atoms with Gasteiger partial charge in [0.15, 0.2) is 0 Å². The molecule has 1 N–H and O–H groups in total. The number of aryl methyl sites for hydroxylation is 1. The Morgan fingerprint density at radius 2 is 2.14 bits per heavy atom. The highest BCUT2D eigenvalue weighted by atomic mass is 15.3. The minimum absolute atomic E-state index is 0.586. The summed E-state index contributed by atoms with van der Waals surface area (Å²) in [6.07, 6.45) is 1.22. The largest absolute Gasteiger partial charge is 0.312 e. The van der Waals surface area contributed by atoms with Gasteiger partial charge in [-0.1, -0.05) is 32.0 Å². The zero-order valence-corrected chi connectivity index (χ0v) is 13.3. The summed E-state index contributed by atoms with van der Waals surface area (Å²) in [6.45, 7) is 8.95. The second kappa shape index (κ2) is 6.16. The van der Waals surface area contributed by atoms with Crippen LogP contribution in [-0.2, 0) is 13.6 Å². The van der Waals surface area contributed by atoms with Crippen LogP contribution in [0, 0.1) is 5.92 Å². The van der Waals surface area contributed by atoms with Crippen molar-refractivity contribution in [3.63, 3.8) is 0 Å². The van der Waals surface area contributed by atoms with E-state index in [1.807, 2.05) is 11.7 Å². The molecule has 1 fully saturated rings. The van der Waals surface area contributed by atoms with E-state index < -0.39 is 0 Å². The van der Waals surface area contributed by atoms with E-state index >= 15 is 0 Å². The van der Waals surface area contributed by atoms with Gasteiger partial charge in [0, 0.05) is 31.6 Å². The third-order valence-corrected chi connectivity index (χ3v) is 4.52. The van der Waals surface area contributed by atoms with Gasteiger partial charge in [-0.3, -0.25) is 9.58 Å². The molecule has 4 nitrogen and oxygen atoms in total. The fourth-order valence-corrected chi connectivity index (χ4v) is 3.23. The Kier molecular flexibility index (Phi) is 4.27. The second-order valence-electron chi connectivity index (χ2n) is 6.48. The molecule has 0 amide bonds. The predicted octanol–water partition coefficient (Wildman–Crippen LogP) is 2.39. The normalized spacial score (nSPS) is 21.0. The average molecular weight is 286 g/mol. The molecule has 1 saturated heterocycles. The minimum Gasteiger partial charge on any atom is -0.312 e. The zero-order valence-electron chi connectivity index (χ0n) is 13.3. The maximum absolute atomic E-state index is 4.74. The van der Waals surface area contributed by atoms with Crippen molar-refractivity contribution < 1.29 is 0 Å². The Hall–Kier alpha value is -1.39. The molecular formula is C17H26N4. The Morgan fingerprint density at radius 1 is 1.33 bits per heavy atom. The molecule has 0 bridgehead atoms.